The predicted octanol–water partition coefficient (Wildman–Crippen LogP) is 7.60. The van der Waals surface area contributed by atoms with Crippen LogP contribution in [0, 0.1) is 0 Å². The van der Waals surface area contributed by atoms with Crippen LogP contribution in [0.4, 0.5) is 0 Å². The van der Waals surface area contributed by atoms with Crippen molar-refractivity contribution in [1.29, 1.82) is 0 Å². The molecule has 4 rings (SSSR count). The molecule has 2 aromatic carbocycles. The Balaban J connectivity index is 1.31. The maximum absolute atomic E-state index is 12.6. The summed E-state index contributed by atoms with van der Waals surface area (Å²) in [6.07, 6.45) is 11.7. The van der Waals surface area contributed by atoms with Crippen LogP contribution in [0.3, 0.4) is 0 Å². The van der Waals surface area contributed by atoms with Crippen molar-refractivity contribution >= 4 is 23.2 Å². The third kappa shape index (κ3) is 8.98. The molecule has 0 saturated heterocycles. The van der Waals surface area contributed by atoms with Gasteiger partial charge in [-0.2, -0.15) is 0 Å². The van der Waals surface area contributed by atoms with E-state index in [0.717, 1.165) is 58.7 Å². The van der Waals surface area contributed by atoms with E-state index in [0.29, 0.717) is 10.7 Å². The number of ether oxygens (including phenoxy) is 1. The number of carbonyl (C=O) groups excluding carboxylic acids is 1. The Bertz CT molecular complexity index is 1420. The summed E-state index contributed by atoms with van der Waals surface area (Å²) in [6.45, 7) is 5.04. The summed E-state index contributed by atoms with van der Waals surface area (Å²) < 4.78 is 5.86. The second kappa shape index (κ2) is 15.8. The highest BCUT2D eigenvalue weighted by molar-refractivity contribution is 7.14. The second-order valence-corrected chi connectivity index (χ2v) is 11.5. The van der Waals surface area contributed by atoms with E-state index in [1.54, 1.807) is 18.5 Å². The van der Waals surface area contributed by atoms with E-state index >= 15 is 0 Å². The molecule has 8 heteroatoms. The third-order valence-electron chi connectivity index (χ3n) is 6.99. The molecule has 0 radical (unpaired) electrons. The molecule has 1 atom stereocenters. The summed E-state index contributed by atoms with van der Waals surface area (Å²) in [5, 5.41) is 12.4. The first kappa shape index (κ1) is 30.9. The zero-order valence-electron chi connectivity index (χ0n) is 24.3. The van der Waals surface area contributed by atoms with Gasteiger partial charge in [0, 0.05) is 34.8 Å². The number of benzene rings is 2. The summed E-state index contributed by atoms with van der Waals surface area (Å²) in [5.41, 5.74) is 3.54. The number of hydrogen-bond acceptors (Lipinski definition) is 6. The number of rotatable bonds is 16. The molecule has 1 unspecified atom stereocenters. The number of aromatic nitrogens is 2. The van der Waals surface area contributed by atoms with Crippen molar-refractivity contribution in [3.63, 3.8) is 0 Å². The average Bonchev–Trinajstić information content (AvgIpc) is 3.48. The normalized spacial score (nSPS) is 11.7. The minimum atomic E-state index is -1.07. The van der Waals surface area contributed by atoms with Gasteiger partial charge in [0.1, 0.15) is 11.8 Å². The minimum Gasteiger partial charge on any atom is -0.494 e. The van der Waals surface area contributed by atoms with Crippen LogP contribution in [0.1, 0.15) is 72.5 Å². The van der Waals surface area contributed by atoms with Crippen molar-refractivity contribution in [2.24, 2.45) is 0 Å². The van der Waals surface area contributed by atoms with Gasteiger partial charge in [0.15, 0.2) is 5.82 Å². The molecule has 0 aliphatic rings. The van der Waals surface area contributed by atoms with Gasteiger partial charge in [0.25, 0.3) is 5.91 Å². The van der Waals surface area contributed by atoms with Gasteiger partial charge in [-0.25, -0.2) is 14.8 Å². The largest absolute Gasteiger partial charge is 0.494 e. The molecule has 2 heterocycles. The molecule has 2 aromatic heterocycles. The topological polar surface area (TPSA) is 101 Å². The number of nitrogens with zero attached hydrogens (tertiary/aromatic N) is 2. The van der Waals surface area contributed by atoms with E-state index in [1.807, 2.05) is 54.6 Å². The lowest BCUT2D eigenvalue weighted by Gasteiger charge is -2.14. The van der Waals surface area contributed by atoms with E-state index in [4.69, 9.17) is 4.74 Å². The number of amides is 1. The summed E-state index contributed by atoms with van der Waals surface area (Å²) >= 11 is 1.41. The summed E-state index contributed by atoms with van der Waals surface area (Å²) in [5.74, 6) is 0.0136. The lowest BCUT2D eigenvalue weighted by Crippen LogP contribution is -2.42. The van der Waals surface area contributed by atoms with Gasteiger partial charge >= 0.3 is 5.97 Å². The van der Waals surface area contributed by atoms with Crippen molar-refractivity contribution < 1.29 is 19.4 Å². The number of aryl methyl sites for hydroxylation is 1. The van der Waals surface area contributed by atoms with Crippen molar-refractivity contribution in [1.82, 2.24) is 15.3 Å². The Labute approximate surface area is 252 Å². The molecule has 42 heavy (non-hydrogen) atoms. The maximum atomic E-state index is 12.6. The zero-order chi connectivity index (χ0) is 29.7. The third-order valence-corrected chi connectivity index (χ3v) is 8.14. The first-order chi connectivity index (χ1) is 20.5. The number of hydrogen-bond donors (Lipinski definition) is 2. The van der Waals surface area contributed by atoms with Gasteiger partial charge < -0.3 is 15.2 Å². The number of aliphatic carboxylic acids is 1. The van der Waals surface area contributed by atoms with Crippen LogP contribution in [0.5, 0.6) is 5.75 Å². The highest BCUT2D eigenvalue weighted by Gasteiger charge is 2.22. The van der Waals surface area contributed by atoms with Gasteiger partial charge in [0.2, 0.25) is 0 Å². The molecular weight excluding hydrogens is 546 g/mol. The molecular formula is C34H39N3O4S. The van der Waals surface area contributed by atoms with Crippen molar-refractivity contribution in [2.75, 3.05) is 6.61 Å². The molecule has 0 aliphatic heterocycles. The molecule has 4 aromatic rings. The van der Waals surface area contributed by atoms with Gasteiger partial charge in [0.05, 0.1) is 11.5 Å². The number of nitrogens with one attached hydrogen (secondary N) is 1. The Morgan fingerprint density at radius 3 is 2.19 bits per heavy atom. The van der Waals surface area contributed by atoms with Crippen LogP contribution in [-0.2, 0) is 17.6 Å². The molecule has 0 fully saturated rings. The summed E-state index contributed by atoms with van der Waals surface area (Å²) in [7, 11) is 0. The first-order valence-electron chi connectivity index (χ1n) is 14.7. The number of carboxylic acid groups (broad SMARTS) is 1. The van der Waals surface area contributed by atoms with E-state index in [2.05, 4.69) is 29.1 Å². The average molecular weight is 586 g/mol. The monoisotopic (exact) mass is 585 g/mol. The molecule has 0 saturated carbocycles. The number of unbranched alkanes of at least 4 members (excludes halogenated alkanes) is 4. The molecule has 0 aliphatic carbocycles. The van der Waals surface area contributed by atoms with Gasteiger partial charge in [-0.1, -0.05) is 82.3 Å². The van der Waals surface area contributed by atoms with Gasteiger partial charge in [-0.15, -0.1) is 11.3 Å². The highest BCUT2D eigenvalue weighted by Crippen LogP contribution is 2.24. The van der Waals surface area contributed by atoms with E-state index < -0.39 is 12.0 Å². The van der Waals surface area contributed by atoms with E-state index in [9.17, 15) is 14.7 Å². The fourth-order valence-electron chi connectivity index (χ4n) is 4.60. The van der Waals surface area contributed by atoms with Crippen LogP contribution in [-0.4, -0.2) is 39.6 Å². The van der Waals surface area contributed by atoms with Crippen LogP contribution in [0.25, 0.3) is 22.5 Å². The van der Waals surface area contributed by atoms with Crippen molar-refractivity contribution in [3.8, 4) is 28.3 Å². The predicted molar refractivity (Wildman–Crippen MR) is 168 cm³/mol. The smallest absolute Gasteiger partial charge is 0.326 e. The van der Waals surface area contributed by atoms with Gasteiger partial charge in [-0.3, -0.25) is 4.79 Å². The van der Waals surface area contributed by atoms with Crippen LogP contribution < -0.4 is 10.1 Å². The Hall–Kier alpha value is -4.04. The zero-order valence-corrected chi connectivity index (χ0v) is 25.2. The summed E-state index contributed by atoms with van der Waals surface area (Å²) in [4.78, 5) is 35.3. The molecule has 1 amide bonds. The second-order valence-electron chi connectivity index (χ2n) is 10.4. The molecule has 0 bridgehead atoms. The van der Waals surface area contributed by atoms with Crippen molar-refractivity contribution in [2.45, 2.75) is 71.3 Å². The lowest BCUT2D eigenvalue weighted by molar-refractivity contribution is -0.139. The molecule has 0 spiro atoms. The fraction of sp³-hybridized carbons (Fsp3) is 0.353. The number of thiophene rings is 1. The van der Waals surface area contributed by atoms with Crippen molar-refractivity contribution in [3.05, 3.63) is 88.4 Å². The fourth-order valence-corrected chi connectivity index (χ4v) is 5.61. The number of carbonyl (C=O) groups is 2. The van der Waals surface area contributed by atoms with Crippen LogP contribution >= 0.6 is 11.3 Å². The summed E-state index contributed by atoms with van der Waals surface area (Å²) in [6, 6.07) is 18.1. The lowest BCUT2D eigenvalue weighted by atomic mass is 10.0. The highest BCUT2D eigenvalue weighted by atomic mass is 32.1. The van der Waals surface area contributed by atoms with Crippen LogP contribution in [0.2, 0.25) is 0 Å². The first-order valence-corrected chi connectivity index (χ1v) is 15.6. The van der Waals surface area contributed by atoms with Crippen LogP contribution in [0.15, 0.2) is 73.1 Å². The Morgan fingerprint density at radius 2 is 1.52 bits per heavy atom. The number of carboxylic acids is 1. The van der Waals surface area contributed by atoms with Gasteiger partial charge in [-0.05, 0) is 48.2 Å². The minimum absolute atomic E-state index is 0.174. The molecule has 7 nitrogen and oxygen atoms in total. The Morgan fingerprint density at radius 1 is 0.833 bits per heavy atom. The SMILES string of the molecule is CCCCCCCOc1ccc(-c2cnc(-c3ccc(CC(NC(=O)c4ccc(CCC)s4)C(=O)O)cc3)nc2)cc1. The Kier molecular flexibility index (Phi) is 11.6. The van der Waals surface area contributed by atoms with E-state index in [-0.39, 0.29) is 12.3 Å². The quantitative estimate of drug-likeness (QED) is 0.131. The molecule has 220 valence electrons. The standard InChI is InChI=1S/C34H39N3O4S/c1-3-5-6-7-8-20-41-28-16-14-25(15-17-28)27-22-35-32(36-23-27)26-12-10-24(11-13-26)21-30(34(39)40)37-33(38)31-19-18-29(42-31)9-4-2/h10-19,22-23,30H,3-9,20-21H2,1-2H3,(H,37,38)(H,39,40). The maximum Gasteiger partial charge on any atom is 0.326 e. The molecule has 2 N–H and O–H groups in total. The van der Waals surface area contributed by atoms with E-state index in [1.165, 1.54) is 37.0 Å².